The molecule has 4 rings (SSSR count). The summed E-state index contributed by atoms with van der Waals surface area (Å²) in [5.74, 6) is 0.133. The highest BCUT2D eigenvalue weighted by Crippen LogP contribution is 2.35. The van der Waals surface area contributed by atoms with Crippen molar-refractivity contribution < 1.29 is 4.79 Å². The van der Waals surface area contributed by atoms with E-state index in [0.717, 1.165) is 35.2 Å². The molecule has 1 amide bonds. The van der Waals surface area contributed by atoms with Crippen molar-refractivity contribution in [2.24, 2.45) is 0 Å². The van der Waals surface area contributed by atoms with Gasteiger partial charge in [0.05, 0.1) is 11.1 Å². The molecule has 2 heterocycles. The Balaban J connectivity index is 1.45. The highest BCUT2D eigenvalue weighted by molar-refractivity contribution is 7.99. The fourth-order valence-electron chi connectivity index (χ4n) is 4.12. The molecule has 1 aromatic heterocycles. The number of rotatable bonds is 4. The Labute approximate surface area is 160 Å². The predicted molar refractivity (Wildman–Crippen MR) is 106 cm³/mol. The number of hydrogen-bond acceptors (Lipinski definition) is 3. The van der Waals surface area contributed by atoms with Crippen LogP contribution in [0.15, 0.2) is 53.7 Å². The van der Waals surface area contributed by atoms with E-state index in [0.29, 0.717) is 0 Å². The molecule has 3 nitrogen and oxygen atoms in total. The summed E-state index contributed by atoms with van der Waals surface area (Å²) in [6.07, 6.45) is 10.8. The lowest BCUT2D eigenvalue weighted by Crippen LogP contribution is -2.30. The molecule has 1 aliphatic carbocycles. The quantitative estimate of drug-likeness (QED) is 0.718. The lowest BCUT2D eigenvalue weighted by molar-refractivity contribution is 0.0735. The topological polar surface area (TPSA) is 33.2 Å². The zero-order valence-electron chi connectivity index (χ0n) is 15.1. The van der Waals surface area contributed by atoms with Crippen molar-refractivity contribution in [1.82, 2.24) is 9.88 Å². The van der Waals surface area contributed by atoms with Gasteiger partial charge in [-0.15, -0.1) is 11.8 Å². The molecule has 1 saturated heterocycles. The minimum atomic E-state index is 0.133. The minimum absolute atomic E-state index is 0.133. The maximum atomic E-state index is 12.9. The van der Waals surface area contributed by atoms with E-state index in [1.807, 2.05) is 53.2 Å². The first-order valence-electron chi connectivity index (χ1n) is 9.80. The van der Waals surface area contributed by atoms with Crippen LogP contribution < -0.4 is 0 Å². The first-order chi connectivity index (χ1) is 12.8. The van der Waals surface area contributed by atoms with Crippen LogP contribution in [0.5, 0.6) is 0 Å². The van der Waals surface area contributed by atoms with Crippen LogP contribution in [0, 0.1) is 0 Å². The maximum absolute atomic E-state index is 12.9. The van der Waals surface area contributed by atoms with Gasteiger partial charge in [-0.25, -0.2) is 4.98 Å². The van der Waals surface area contributed by atoms with Crippen molar-refractivity contribution in [3.8, 4) is 0 Å². The molecule has 0 spiro atoms. The Morgan fingerprint density at radius 1 is 0.962 bits per heavy atom. The van der Waals surface area contributed by atoms with Gasteiger partial charge in [-0.1, -0.05) is 43.5 Å². The first-order valence-corrected chi connectivity index (χ1v) is 10.7. The van der Waals surface area contributed by atoms with Crippen molar-refractivity contribution in [2.45, 2.75) is 61.3 Å². The van der Waals surface area contributed by atoms with Gasteiger partial charge in [0.1, 0.15) is 0 Å². The number of aromatic nitrogens is 1. The standard InChI is InChI=1S/C22H26N2OS/c25-22(17-8-3-1-4-9-17)24-15-7-12-20(24)18-13-14-21(23-16-18)26-19-10-5-2-6-11-19/h1,3-4,8-9,13-14,16,19-20H,2,5-7,10-12,15H2. The van der Waals surface area contributed by atoms with Gasteiger partial charge in [-0.2, -0.15) is 0 Å². The van der Waals surface area contributed by atoms with E-state index >= 15 is 0 Å². The van der Waals surface area contributed by atoms with Gasteiger partial charge in [-0.05, 0) is 49.4 Å². The van der Waals surface area contributed by atoms with Crippen LogP contribution in [0.25, 0.3) is 0 Å². The summed E-state index contributed by atoms with van der Waals surface area (Å²) in [5, 5.41) is 1.85. The minimum Gasteiger partial charge on any atom is -0.332 e. The van der Waals surface area contributed by atoms with Crippen molar-refractivity contribution in [3.05, 3.63) is 59.8 Å². The molecule has 136 valence electrons. The normalized spacial score (nSPS) is 21.1. The molecule has 2 fully saturated rings. The van der Waals surface area contributed by atoms with Crippen molar-refractivity contribution >= 4 is 17.7 Å². The van der Waals surface area contributed by atoms with E-state index in [9.17, 15) is 4.79 Å². The van der Waals surface area contributed by atoms with E-state index < -0.39 is 0 Å². The fourth-order valence-corrected chi connectivity index (χ4v) is 5.29. The molecule has 1 atom stereocenters. The molecule has 1 unspecified atom stereocenters. The summed E-state index contributed by atoms with van der Waals surface area (Å²) < 4.78 is 0. The SMILES string of the molecule is O=C(c1ccccc1)N1CCCC1c1ccc(SC2CCCCC2)nc1. The van der Waals surface area contributed by atoms with Gasteiger partial charge in [-0.3, -0.25) is 4.79 Å². The number of nitrogens with zero attached hydrogens (tertiary/aromatic N) is 2. The first kappa shape index (κ1) is 17.6. The number of pyridine rings is 1. The Morgan fingerprint density at radius 2 is 1.77 bits per heavy atom. The molecule has 1 aromatic carbocycles. The number of hydrogen-bond donors (Lipinski definition) is 0. The van der Waals surface area contributed by atoms with Crippen LogP contribution in [0.2, 0.25) is 0 Å². The molecule has 1 saturated carbocycles. The predicted octanol–water partition coefficient (Wildman–Crippen LogP) is 5.48. The molecule has 2 aromatic rings. The summed E-state index contributed by atoms with van der Waals surface area (Å²) in [6, 6.07) is 14.1. The Bertz CT molecular complexity index is 726. The van der Waals surface area contributed by atoms with Gasteiger partial charge in [0, 0.05) is 23.6 Å². The smallest absolute Gasteiger partial charge is 0.254 e. The van der Waals surface area contributed by atoms with Gasteiger partial charge < -0.3 is 4.90 Å². The van der Waals surface area contributed by atoms with Crippen LogP contribution in [0.1, 0.15) is 66.9 Å². The molecule has 4 heteroatoms. The number of amides is 1. The van der Waals surface area contributed by atoms with E-state index in [1.54, 1.807) is 0 Å². The fraction of sp³-hybridized carbons (Fsp3) is 0.455. The van der Waals surface area contributed by atoms with Gasteiger partial charge >= 0.3 is 0 Å². The summed E-state index contributed by atoms with van der Waals surface area (Å²) in [4.78, 5) is 19.6. The van der Waals surface area contributed by atoms with Crippen LogP contribution >= 0.6 is 11.8 Å². The van der Waals surface area contributed by atoms with Crippen molar-refractivity contribution in [1.29, 1.82) is 0 Å². The summed E-state index contributed by atoms with van der Waals surface area (Å²) in [7, 11) is 0. The Hall–Kier alpha value is -1.81. The molecular weight excluding hydrogens is 340 g/mol. The third-order valence-corrected chi connectivity index (χ3v) is 6.81. The summed E-state index contributed by atoms with van der Waals surface area (Å²) >= 11 is 1.93. The van der Waals surface area contributed by atoms with Gasteiger partial charge in [0.15, 0.2) is 0 Å². The molecule has 0 bridgehead atoms. The monoisotopic (exact) mass is 366 g/mol. The van der Waals surface area contributed by atoms with Crippen LogP contribution in [-0.4, -0.2) is 27.6 Å². The number of carbonyl (C=O) groups excluding carboxylic acids is 1. The van der Waals surface area contributed by atoms with Gasteiger partial charge in [0.2, 0.25) is 0 Å². The van der Waals surface area contributed by atoms with Gasteiger partial charge in [0.25, 0.3) is 5.91 Å². The molecule has 1 aliphatic heterocycles. The third-order valence-electron chi connectivity index (χ3n) is 5.52. The second-order valence-corrected chi connectivity index (χ2v) is 8.65. The van der Waals surface area contributed by atoms with Crippen LogP contribution in [0.3, 0.4) is 0 Å². The third kappa shape index (κ3) is 3.96. The molecule has 0 N–H and O–H groups in total. The second-order valence-electron chi connectivity index (χ2n) is 7.33. The number of benzene rings is 1. The lowest BCUT2D eigenvalue weighted by Gasteiger charge is -2.25. The maximum Gasteiger partial charge on any atom is 0.254 e. The molecule has 0 radical (unpaired) electrons. The van der Waals surface area contributed by atoms with Crippen LogP contribution in [0.4, 0.5) is 0 Å². The summed E-state index contributed by atoms with van der Waals surface area (Å²) in [5.41, 5.74) is 1.94. The number of carbonyl (C=O) groups is 1. The highest BCUT2D eigenvalue weighted by atomic mass is 32.2. The van der Waals surface area contributed by atoms with E-state index in [-0.39, 0.29) is 11.9 Å². The zero-order valence-corrected chi connectivity index (χ0v) is 16.0. The number of thioether (sulfide) groups is 1. The largest absolute Gasteiger partial charge is 0.332 e. The highest BCUT2D eigenvalue weighted by Gasteiger charge is 2.30. The Morgan fingerprint density at radius 3 is 2.50 bits per heavy atom. The average molecular weight is 367 g/mol. The molecule has 2 aliphatic rings. The average Bonchev–Trinajstić information content (AvgIpc) is 3.19. The van der Waals surface area contributed by atoms with E-state index in [4.69, 9.17) is 4.98 Å². The van der Waals surface area contributed by atoms with E-state index in [1.165, 1.54) is 37.7 Å². The number of likely N-dealkylation sites (tertiary alicyclic amines) is 1. The van der Waals surface area contributed by atoms with Crippen molar-refractivity contribution in [2.75, 3.05) is 6.54 Å². The Kier molecular flexibility index (Phi) is 5.59. The lowest BCUT2D eigenvalue weighted by atomic mass is 10.0. The van der Waals surface area contributed by atoms with E-state index in [2.05, 4.69) is 12.1 Å². The second kappa shape index (κ2) is 8.26. The van der Waals surface area contributed by atoms with Crippen LogP contribution in [-0.2, 0) is 0 Å². The molecular formula is C22H26N2OS. The molecule has 26 heavy (non-hydrogen) atoms. The summed E-state index contributed by atoms with van der Waals surface area (Å²) in [6.45, 7) is 0.830. The van der Waals surface area contributed by atoms with Crippen molar-refractivity contribution in [3.63, 3.8) is 0 Å². The zero-order chi connectivity index (χ0) is 17.8.